The molecule has 2 heterocycles. The number of fused-ring (bicyclic) bond motifs is 2. The van der Waals surface area contributed by atoms with Crippen molar-refractivity contribution < 1.29 is 23.1 Å². The Morgan fingerprint density at radius 2 is 1.24 bits per heavy atom. The number of carbonyl (C=O) groups is 2. The van der Waals surface area contributed by atoms with E-state index in [1.165, 1.54) is 46.9 Å². The second-order valence-corrected chi connectivity index (χ2v) is 9.00. The first-order chi connectivity index (χ1) is 15.9. The van der Waals surface area contributed by atoms with Crippen molar-refractivity contribution in [3.05, 3.63) is 57.6 Å². The minimum Gasteiger partial charge on any atom is -0.362 e. The Balaban J connectivity index is 1.46. The summed E-state index contributed by atoms with van der Waals surface area (Å²) in [5.41, 5.74) is 1.58. The highest BCUT2D eigenvalue weighted by molar-refractivity contribution is 7.16. The largest absolute Gasteiger partial charge is 0.362 e. The first-order valence-electron chi connectivity index (χ1n) is 10.2. The zero-order chi connectivity index (χ0) is 23.5. The predicted octanol–water partition coefficient (Wildman–Crippen LogP) is 3.61. The third kappa shape index (κ3) is 5.00. The van der Waals surface area contributed by atoms with Gasteiger partial charge in [-0.15, -0.1) is 0 Å². The number of amides is 2. The van der Waals surface area contributed by atoms with E-state index in [1.54, 1.807) is 12.1 Å². The number of aryl methyl sites for hydroxylation is 2. The second kappa shape index (κ2) is 9.86. The van der Waals surface area contributed by atoms with Crippen LogP contribution in [0.2, 0.25) is 0 Å². The third-order valence-corrected chi connectivity index (χ3v) is 6.90. The molecule has 0 saturated heterocycles. The normalized spacial score (nSPS) is 12.8. The van der Waals surface area contributed by atoms with Gasteiger partial charge in [-0.3, -0.25) is 9.59 Å². The lowest BCUT2D eigenvalue weighted by Gasteiger charge is -2.01. The molecule has 0 radical (unpaired) electrons. The van der Waals surface area contributed by atoms with Gasteiger partial charge < -0.3 is 13.9 Å². The molecule has 4 rings (SSSR count). The van der Waals surface area contributed by atoms with Crippen molar-refractivity contribution in [2.45, 2.75) is 26.9 Å². The van der Waals surface area contributed by atoms with Gasteiger partial charge in [0.15, 0.2) is 9.60 Å². The van der Waals surface area contributed by atoms with Crippen LogP contribution in [0.1, 0.15) is 13.8 Å². The Bertz CT molecular complexity index is 1390. The highest BCUT2D eigenvalue weighted by atomic mass is 32.1. The quantitative estimate of drug-likeness (QED) is 0.414. The fourth-order valence-electron chi connectivity index (χ4n) is 3.38. The van der Waals surface area contributed by atoms with Crippen LogP contribution in [0.5, 0.6) is 0 Å². The van der Waals surface area contributed by atoms with E-state index in [9.17, 15) is 18.4 Å². The highest BCUT2D eigenvalue weighted by Gasteiger charge is 2.10. The summed E-state index contributed by atoms with van der Waals surface area (Å²) >= 11 is 2.41. The van der Waals surface area contributed by atoms with E-state index in [0.29, 0.717) is 32.1 Å². The molecule has 172 valence electrons. The SMILES string of the molecule is CCn1c(=NC(=O)COCC(=O)N=c2sc3cc(F)ccc3n2CC)sc2cc(F)ccc21. The van der Waals surface area contributed by atoms with Gasteiger partial charge in [0.05, 0.1) is 20.4 Å². The van der Waals surface area contributed by atoms with Crippen LogP contribution in [0.3, 0.4) is 0 Å². The summed E-state index contributed by atoms with van der Waals surface area (Å²) in [5.74, 6) is -1.83. The minimum absolute atomic E-state index is 0.358. The van der Waals surface area contributed by atoms with E-state index >= 15 is 0 Å². The molecule has 0 fully saturated rings. The van der Waals surface area contributed by atoms with Gasteiger partial charge in [-0.25, -0.2) is 8.78 Å². The third-order valence-electron chi connectivity index (χ3n) is 4.81. The van der Waals surface area contributed by atoms with E-state index in [2.05, 4.69) is 9.98 Å². The van der Waals surface area contributed by atoms with Crippen LogP contribution in [0, 0.1) is 11.6 Å². The Labute approximate surface area is 194 Å². The molecule has 0 saturated carbocycles. The summed E-state index contributed by atoms with van der Waals surface area (Å²) in [5, 5.41) is 0. The van der Waals surface area contributed by atoms with Crippen molar-refractivity contribution in [2.75, 3.05) is 13.2 Å². The summed E-state index contributed by atoms with van der Waals surface area (Å²) in [6, 6.07) is 8.82. The van der Waals surface area contributed by atoms with Crippen LogP contribution in [-0.2, 0) is 27.4 Å². The maximum Gasteiger partial charge on any atom is 0.274 e. The van der Waals surface area contributed by atoms with E-state index < -0.39 is 11.8 Å². The van der Waals surface area contributed by atoms with Crippen LogP contribution < -0.4 is 9.60 Å². The van der Waals surface area contributed by atoms with Gasteiger partial charge in [0, 0.05) is 13.1 Å². The Kier molecular flexibility index (Phi) is 6.91. The number of carbonyl (C=O) groups excluding carboxylic acids is 2. The van der Waals surface area contributed by atoms with Crippen LogP contribution in [0.15, 0.2) is 46.4 Å². The first kappa shape index (κ1) is 23.1. The van der Waals surface area contributed by atoms with Gasteiger partial charge in [-0.2, -0.15) is 9.98 Å². The Morgan fingerprint density at radius 3 is 1.64 bits per heavy atom. The van der Waals surface area contributed by atoms with E-state index in [1.807, 2.05) is 23.0 Å². The summed E-state index contributed by atoms with van der Waals surface area (Å²) < 4.78 is 37.2. The van der Waals surface area contributed by atoms with Crippen LogP contribution >= 0.6 is 22.7 Å². The van der Waals surface area contributed by atoms with Gasteiger partial charge >= 0.3 is 0 Å². The van der Waals surface area contributed by atoms with Crippen molar-refractivity contribution in [2.24, 2.45) is 9.98 Å². The molecule has 4 aromatic rings. The lowest BCUT2D eigenvalue weighted by Crippen LogP contribution is -2.20. The number of nitrogens with zero attached hydrogens (tertiary/aromatic N) is 4. The molecule has 11 heteroatoms. The van der Waals surface area contributed by atoms with Crippen molar-refractivity contribution in [1.29, 1.82) is 0 Å². The topological polar surface area (TPSA) is 78.0 Å². The fraction of sp³-hybridized carbons (Fsp3) is 0.273. The Morgan fingerprint density at radius 1 is 0.818 bits per heavy atom. The molecular weight excluding hydrogens is 470 g/mol. The number of halogens is 2. The average Bonchev–Trinajstić information content (AvgIpc) is 3.28. The molecule has 0 unspecified atom stereocenters. The number of hydrogen-bond donors (Lipinski definition) is 0. The maximum absolute atomic E-state index is 13.5. The van der Waals surface area contributed by atoms with Crippen molar-refractivity contribution in [3.8, 4) is 0 Å². The van der Waals surface area contributed by atoms with Crippen LogP contribution in [0.4, 0.5) is 8.78 Å². The van der Waals surface area contributed by atoms with Gasteiger partial charge in [0.1, 0.15) is 24.8 Å². The maximum atomic E-state index is 13.5. The highest BCUT2D eigenvalue weighted by Crippen LogP contribution is 2.19. The molecule has 0 bridgehead atoms. The molecular formula is C22H20F2N4O3S2. The molecule has 2 aromatic carbocycles. The van der Waals surface area contributed by atoms with Crippen molar-refractivity contribution in [1.82, 2.24) is 9.13 Å². The van der Waals surface area contributed by atoms with Gasteiger partial charge in [0.2, 0.25) is 0 Å². The first-order valence-corrected chi connectivity index (χ1v) is 11.8. The molecule has 0 spiro atoms. The monoisotopic (exact) mass is 490 g/mol. The number of benzene rings is 2. The number of thiazole rings is 2. The smallest absolute Gasteiger partial charge is 0.274 e. The molecule has 0 aliphatic carbocycles. The number of rotatable bonds is 6. The molecule has 2 amide bonds. The van der Waals surface area contributed by atoms with Gasteiger partial charge in [-0.05, 0) is 50.2 Å². The number of hydrogen-bond acceptors (Lipinski definition) is 5. The zero-order valence-electron chi connectivity index (χ0n) is 17.9. The fourth-order valence-corrected chi connectivity index (χ4v) is 5.65. The second-order valence-electron chi connectivity index (χ2n) is 6.99. The van der Waals surface area contributed by atoms with Crippen LogP contribution in [-0.4, -0.2) is 34.2 Å². The predicted molar refractivity (Wildman–Crippen MR) is 123 cm³/mol. The summed E-state index contributed by atoms with van der Waals surface area (Å²) in [6.45, 7) is 4.15. The average molecular weight is 491 g/mol. The zero-order valence-corrected chi connectivity index (χ0v) is 19.5. The van der Waals surface area contributed by atoms with E-state index in [-0.39, 0.29) is 24.8 Å². The number of ether oxygens (including phenoxy) is 1. The molecule has 2 aromatic heterocycles. The molecule has 7 nitrogen and oxygen atoms in total. The molecule has 0 aliphatic heterocycles. The molecule has 0 atom stereocenters. The summed E-state index contributed by atoms with van der Waals surface area (Å²) in [4.78, 5) is 33.5. The van der Waals surface area contributed by atoms with Gasteiger partial charge in [0.25, 0.3) is 11.8 Å². The summed E-state index contributed by atoms with van der Waals surface area (Å²) in [7, 11) is 0. The van der Waals surface area contributed by atoms with Gasteiger partial charge in [-0.1, -0.05) is 22.7 Å². The number of aromatic nitrogens is 2. The molecule has 0 N–H and O–H groups in total. The van der Waals surface area contributed by atoms with E-state index in [4.69, 9.17) is 4.74 Å². The van der Waals surface area contributed by atoms with E-state index in [0.717, 1.165) is 11.0 Å². The van der Waals surface area contributed by atoms with Crippen LogP contribution in [0.25, 0.3) is 20.4 Å². The van der Waals surface area contributed by atoms with Crippen molar-refractivity contribution in [3.63, 3.8) is 0 Å². The molecule has 0 aliphatic rings. The lowest BCUT2D eigenvalue weighted by molar-refractivity contribution is -0.127. The summed E-state index contributed by atoms with van der Waals surface area (Å²) in [6.07, 6.45) is 0. The Hall–Kier alpha value is -3.02. The lowest BCUT2D eigenvalue weighted by atomic mass is 10.3. The standard InChI is InChI=1S/C22H20F2N4O3S2/c1-3-27-15-7-5-13(23)9-17(15)32-21(27)25-19(29)11-31-12-20(30)26-22-28(4-2)16-8-6-14(24)10-18(16)33-22/h5-10H,3-4,11-12H2,1-2H3. The minimum atomic E-state index is -0.557. The van der Waals surface area contributed by atoms with Crippen molar-refractivity contribution >= 4 is 54.9 Å². The molecule has 33 heavy (non-hydrogen) atoms.